The van der Waals surface area contributed by atoms with Crippen LogP contribution in [-0.4, -0.2) is 24.9 Å². The number of halogens is 4. The number of nitrogens with zero attached hydrogens (tertiary/aromatic N) is 1. The molecule has 212 valence electrons. The van der Waals surface area contributed by atoms with E-state index in [1.54, 1.807) is 51.1 Å². The summed E-state index contributed by atoms with van der Waals surface area (Å²) in [6, 6.07) is 11.4. The Morgan fingerprint density at radius 3 is 2.27 bits per heavy atom. The van der Waals surface area contributed by atoms with Gasteiger partial charge in [0, 0.05) is 29.2 Å². The van der Waals surface area contributed by atoms with E-state index in [1.807, 2.05) is 0 Å². The topological polar surface area (TPSA) is 103 Å². The fourth-order valence-corrected chi connectivity index (χ4v) is 4.41. The molecule has 0 aliphatic rings. The molecule has 0 atom stereocenters. The molecule has 0 radical (unpaired) electrons. The van der Waals surface area contributed by atoms with E-state index in [1.165, 1.54) is 19.2 Å². The molecule has 0 unspecified atom stereocenters. The Morgan fingerprint density at radius 2 is 1.68 bits per heavy atom. The highest BCUT2D eigenvalue weighted by molar-refractivity contribution is 9.10. The lowest BCUT2D eigenvalue weighted by atomic mass is 9.95. The van der Waals surface area contributed by atoms with E-state index >= 15 is 0 Å². The number of hydrogen-bond acceptors (Lipinski definition) is 5. The van der Waals surface area contributed by atoms with Crippen molar-refractivity contribution in [1.82, 2.24) is 5.32 Å². The van der Waals surface area contributed by atoms with Crippen molar-refractivity contribution in [3.63, 3.8) is 0 Å². The molecule has 0 bridgehead atoms. The van der Waals surface area contributed by atoms with E-state index < -0.39 is 23.2 Å². The van der Waals surface area contributed by atoms with Crippen LogP contribution < -0.4 is 25.6 Å². The van der Waals surface area contributed by atoms with Crippen molar-refractivity contribution in [1.29, 1.82) is 0 Å². The lowest BCUT2D eigenvalue weighted by Crippen LogP contribution is -2.34. The Balaban J connectivity index is 1.86. The van der Waals surface area contributed by atoms with Gasteiger partial charge in [0.15, 0.2) is 0 Å². The summed E-state index contributed by atoms with van der Waals surface area (Å²) in [6.07, 6.45) is 0. The summed E-state index contributed by atoms with van der Waals surface area (Å²) in [6.45, 7) is 5.45. The average molecular weight is 671 g/mol. The predicted molar refractivity (Wildman–Crippen MR) is 166 cm³/mol. The lowest BCUT2D eigenvalue weighted by Gasteiger charge is -2.22. The zero-order valence-corrected chi connectivity index (χ0v) is 25.9. The Hall–Kier alpha value is -2.99. The summed E-state index contributed by atoms with van der Waals surface area (Å²) in [5.74, 6) is -1.70. The normalized spacial score (nSPS) is 11.0. The second-order valence-corrected chi connectivity index (χ2v) is 11.7. The van der Waals surface area contributed by atoms with Gasteiger partial charge in [-0.05, 0) is 48.0 Å². The molecule has 40 heavy (non-hydrogen) atoms. The molecule has 0 heterocycles. The standard InChI is InChI=1S/C27H27BrCl2FN5O3S/c1-27(2,3)25(38)33-13-14-5-10-18(29)23(22(14)30)35-26(39)36(40)21-11-17(19(31)12-20(21)32-4)24(37)34-16-8-6-15(28)7-9-16/h5-12,32,40H,13H2,1-4H3,(H,33,38)(H,34,37)(H,35,39). The van der Waals surface area contributed by atoms with E-state index in [-0.39, 0.29) is 45.1 Å². The number of benzene rings is 3. The molecule has 0 spiro atoms. The Bertz CT molecular complexity index is 1450. The molecule has 3 aromatic carbocycles. The Labute approximate surface area is 255 Å². The van der Waals surface area contributed by atoms with E-state index in [9.17, 15) is 18.8 Å². The SMILES string of the molecule is CNc1cc(F)c(C(=O)Nc2ccc(Br)cc2)cc1N(S)C(=O)Nc1c(Cl)ccc(CNC(=O)C(C)(C)C)c1Cl. The fraction of sp³-hybridized carbons (Fsp3) is 0.222. The van der Waals surface area contributed by atoms with Gasteiger partial charge >= 0.3 is 6.03 Å². The number of thiol groups is 1. The van der Waals surface area contributed by atoms with Crippen LogP contribution in [0.15, 0.2) is 53.0 Å². The first-order valence-corrected chi connectivity index (χ1v) is 13.8. The van der Waals surface area contributed by atoms with Crippen molar-refractivity contribution < 1.29 is 18.8 Å². The maximum atomic E-state index is 14.9. The molecule has 0 aliphatic heterocycles. The number of nitrogens with one attached hydrogen (secondary N) is 4. The Morgan fingerprint density at radius 1 is 1.02 bits per heavy atom. The number of rotatable bonds is 7. The smallest absolute Gasteiger partial charge is 0.336 e. The van der Waals surface area contributed by atoms with E-state index in [4.69, 9.17) is 23.2 Å². The van der Waals surface area contributed by atoms with Crippen LogP contribution in [0.4, 0.5) is 31.9 Å². The third-order valence-electron chi connectivity index (χ3n) is 5.65. The quantitative estimate of drug-likeness (QED) is 0.166. The van der Waals surface area contributed by atoms with Gasteiger partial charge in [0.1, 0.15) is 5.82 Å². The average Bonchev–Trinajstić information content (AvgIpc) is 2.90. The van der Waals surface area contributed by atoms with Gasteiger partial charge in [-0.2, -0.15) is 0 Å². The summed E-state index contributed by atoms with van der Waals surface area (Å²) < 4.78 is 16.6. The van der Waals surface area contributed by atoms with E-state index in [2.05, 4.69) is 50.0 Å². The molecule has 13 heteroatoms. The minimum atomic E-state index is -0.805. The molecule has 0 saturated heterocycles. The van der Waals surface area contributed by atoms with Crippen LogP contribution in [0.1, 0.15) is 36.7 Å². The summed E-state index contributed by atoms with van der Waals surface area (Å²) in [5.41, 5.74) is 0.443. The van der Waals surface area contributed by atoms with Crippen LogP contribution in [0.25, 0.3) is 0 Å². The summed E-state index contributed by atoms with van der Waals surface area (Å²) in [7, 11) is 1.53. The number of amides is 4. The monoisotopic (exact) mass is 669 g/mol. The van der Waals surface area contributed by atoms with Gasteiger partial charge in [-0.1, -0.05) is 78.8 Å². The second-order valence-electron chi connectivity index (χ2n) is 9.63. The van der Waals surface area contributed by atoms with Gasteiger partial charge in [-0.25, -0.2) is 13.5 Å². The number of carbonyl (C=O) groups excluding carboxylic acids is 3. The highest BCUT2D eigenvalue weighted by Gasteiger charge is 2.24. The van der Waals surface area contributed by atoms with Crippen LogP contribution in [0.3, 0.4) is 0 Å². The summed E-state index contributed by atoms with van der Waals surface area (Å²) >= 11 is 20.5. The van der Waals surface area contributed by atoms with Crippen molar-refractivity contribution in [3.8, 4) is 0 Å². The molecule has 4 amide bonds. The number of carbonyl (C=O) groups is 3. The van der Waals surface area contributed by atoms with Crippen molar-refractivity contribution in [2.45, 2.75) is 27.3 Å². The minimum Gasteiger partial charge on any atom is -0.386 e. The molecule has 0 fully saturated rings. The number of anilines is 4. The van der Waals surface area contributed by atoms with Gasteiger partial charge in [0.25, 0.3) is 5.91 Å². The highest BCUT2D eigenvalue weighted by atomic mass is 79.9. The second kappa shape index (κ2) is 13.1. The van der Waals surface area contributed by atoms with Crippen LogP contribution in [-0.2, 0) is 11.3 Å². The van der Waals surface area contributed by atoms with Gasteiger partial charge in [0.2, 0.25) is 5.91 Å². The van der Waals surface area contributed by atoms with Crippen LogP contribution >= 0.6 is 51.9 Å². The van der Waals surface area contributed by atoms with Gasteiger partial charge < -0.3 is 21.3 Å². The third-order valence-corrected chi connectivity index (χ3v) is 7.32. The van der Waals surface area contributed by atoms with Crippen molar-refractivity contribution in [2.75, 3.05) is 27.3 Å². The molecule has 8 nitrogen and oxygen atoms in total. The number of urea groups is 1. The molecule has 0 saturated carbocycles. The molecule has 3 rings (SSSR count). The largest absolute Gasteiger partial charge is 0.386 e. The van der Waals surface area contributed by atoms with Crippen LogP contribution in [0.5, 0.6) is 0 Å². The van der Waals surface area contributed by atoms with Gasteiger partial charge in [0.05, 0.1) is 32.7 Å². The molecule has 4 N–H and O–H groups in total. The number of hydrogen-bond donors (Lipinski definition) is 5. The predicted octanol–water partition coefficient (Wildman–Crippen LogP) is 7.73. The molecule has 3 aromatic rings. The maximum absolute atomic E-state index is 14.9. The lowest BCUT2D eigenvalue weighted by molar-refractivity contribution is -0.128. The van der Waals surface area contributed by atoms with Crippen molar-refractivity contribution >= 4 is 92.5 Å². The van der Waals surface area contributed by atoms with E-state index in [0.29, 0.717) is 11.3 Å². The van der Waals surface area contributed by atoms with Crippen LogP contribution in [0.2, 0.25) is 10.0 Å². The summed E-state index contributed by atoms with van der Waals surface area (Å²) in [4.78, 5) is 38.3. The first kappa shape index (κ1) is 31.5. The van der Waals surface area contributed by atoms with Crippen LogP contribution in [0, 0.1) is 11.2 Å². The first-order chi connectivity index (χ1) is 18.7. The summed E-state index contributed by atoms with van der Waals surface area (Å²) in [5, 5.41) is 11.1. The minimum absolute atomic E-state index is 0.0894. The zero-order chi connectivity index (χ0) is 29.8. The van der Waals surface area contributed by atoms with Gasteiger partial charge in [-0.3, -0.25) is 9.59 Å². The molecular formula is C27H27BrCl2FN5O3S. The molecule has 0 aromatic heterocycles. The third kappa shape index (κ3) is 7.60. The zero-order valence-electron chi connectivity index (χ0n) is 22.0. The van der Waals surface area contributed by atoms with Gasteiger partial charge in [-0.15, -0.1) is 0 Å². The molecule has 0 aliphatic carbocycles. The fourth-order valence-electron chi connectivity index (χ4n) is 3.40. The van der Waals surface area contributed by atoms with E-state index in [0.717, 1.165) is 14.8 Å². The van der Waals surface area contributed by atoms with Crippen molar-refractivity contribution in [3.05, 3.63) is 80.0 Å². The molecular weight excluding hydrogens is 644 g/mol. The first-order valence-electron chi connectivity index (χ1n) is 11.9. The maximum Gasteiger partial charge on any atom is 0.336 e. The Kier molecular flexibility index (Phi) is 10.3. The highest BCUT2D eigenvalue weighted by Crippen LogP contribution is 2.36. The van der Waals surface area contributed by atoms with Crippen molar-refractivity contribution in [2.24, 2.45) is 5.41 Å².